The van der Waals surface area contributed by atoms with E-state index in [0.717, 1.165) is 12.0 Å². The quantitative estimate of drug-likeness (QED) is 0.817. The Bertz CT molecular complexity index is 448. The Balaban J connectivity index is 2.89. The van der Waals surface area contributed by atoms with Crippen LogP contribution in [0.2, 0.25) is 5.02 Å². The van der Waals surface area contributed by atoms with E-state index in [9.17, 15) is 9.59 Å². The van der Waals surface area contributed by atoms with Crippen LogP contribution >= 0.6 is 11.6 Å². The number of methoxy groups -OCH3 is 1. The molecule has 0 aliphatic carbocycles. The largest absolute Gasteiger partial charge is 0.469 e. The molecule has 4 nitrogen and oxygen atoms in total. The van der Waals surface area contributed by atoms with Crippen molar-refractivity contribution >= 4 is 23.5 Å². The van der Waals surface area contributed by atoms with Crippen molar-refractivity contribution in [3.8, 4) is 0 Å². The van der Waals surface area contributed by atoms with Crippen LogP contribution in [0.1, 0.15) is 37.8 Å². The van der Waals surface area contributed by atoms with Gasteiger partial charge in [-0.1, -0.05) is 36.7 Å². The van der Waals surface area contributed by atoms with Crippen molar-refractivity contribution in [2.75, 3.05) is 7.11 Å². The van der Waals surface area contributed by atoms with Crippen LogP contribution in [-0.4, -0.2) is 19.0 Å². The van der Waals surface area contributed by atoms with Gasteiger partial charge in [-0.05, 0) is 18.1 Å². The average molecular weight is 284 g/mol. The molecule has 1 rings (SSSR count). The second kappa shape index (κ2) is 7.79. The predicted molar refractivity (Wildman–Crippen MR) is 73.9 cm³/mol. The maximum absolute atomic E-state index is 11.7. The number of benzene rings is 1. The molecule has 1 atom stereocenters. The fourth-order valence-corrected chi connectivity index (χ4v) is 2.01. The monoisotopic (exact) mass is 283 g/mol. The van der Waals surface area contributed by atoms with Gasteiger partial charge < -0.3 is 10.1 Å². The summed E-state index contributed by atoms with van der Waals surface area (Å²) >= 11 is 6.10. The molecule has 0 fully saturated rings. The third kappa shape index (κ3) is 4.91. The summed E-state index contributed by atoms with van der Waals surface area (Å²) in [5, 5.41) is 3.34. The van der Waals surface area contributed by atoms with Gasteiger partial charge >= 0.3 is 5.97 Å². The van der Waals surface area contributed by atoms with Gasteiger partial charge in [-0.3, -0.25) is 9.59 Å². The van der Waals surface area contributed by atoms with E-state index >= 15 is 0 Å². The highest BCUT2D eigenvalue weighted by molar-refractivity contribution is 6.31. The van der Waals surface area contributed by atoms with Gasteiger partial charge in [0.05, 0.1) is 19.6 Å². The second-order valence-electron chi connectivity index (χ2n) is 4.17. The average Bonchev–Trinajstić information content (AvgIpc) is 2.38. The maximum atomic E-state index is 11.7. The van der Waals surface area contributed by atoms with E-state index in [-0.39, 0.29) is 18.3 Å². The molecule has 0 aliphatic heterocycles. The number of rotatable bonds is 6. The van der Waals surface area contributed by atoms with E-state index in [1.165, 1.54) is 7.11 Å². The second-order valence-corrected chi connectivity index (χ2v) is 4.58. The Labute approximate surface area is 118 Å². The molecule has 0 aliphatic rings. The summed E-state index contributed by atoms with van der Waals surface area (Å²) in [5.74, 6) is -0.488. The number of carbonyl (C=O) groups excluding carboxylic acids is 2. The maximum Gasteiger partial charge on any atom is 0.307 e. The number of amides is 1. The predicted octanol–water partition coefficient (Wildman–Crippen LogP) is 2.86. The molecule has 1 unspecified atom stereocenters. The van der Waals surface area contributed by atoms with Crippen LogP contribution in [0.3, 0.4) is 0 Å². The first kappa shape index (κ1) is 15.5. The first-order chi connectivity index (χ1) is 9.08. The fourth-order valence-electron chi connectivity index (χ4n) is 1.74. The van der Waals surface area contributed by atoms with Gasteiger partial charge in [0.25, 0.3) is 0 Å². The van der Waals surface area contributed by atoms with Crippen molar-refractivity contribution in [3.05, 3.63) is 34.9 Å². The molecule has 1 aromatic rings. The fraction of sp³-hybridized carbons (Fsp3) is 0.429. The van der Waals surface area contributed by atoms with Crippen LogP contribution in [0.5, 0.6) is 0 Å². The molecular weight excluding hydrogens is 266 g/mol. The van der Waals surface area contributed by atoms with Crippen molar-refractivity contribution in [1.82, 2.24) is 5.32 Å². The zero-order valence-electron chi connectivity index (χ0n) is 11.1. The van der Waals surface area contributed by atoms with Crippen LogP contribution in [0.25, 0.3) is 0 Å². The number of carbonyl (C=O) groups is 2. The minimum atomic E-state index is -0.458. The highest BCUT2D eigenvalue weighted by Gasteiger charge is 2.20. The van der Waals surface area contributed by atoms with Gasteiger partial charge in [0.1, 0.15) is 0 Å². The van der Waals surface area contributed by atoms with Crippen molar-refractivity contribution in [2.24, 2.45) is 0 Å². The summed E-state index contributed by atoms with van der Waals surface area (Å²) < 4.78 is 4.65. The van der Waals surface area contributed by atoms with Crippen LogP contribution in [0.15, 0.2) is 24.3 Å². The van der Waals surface area contributed by atoms with Gasteiger partial charge in [-0.25, -0.2) is 0 Å². The molecule has 1 amide bonds. The summed E-state index contributed by atoms with van der Waals surface area (Å²) in [4.78, 5) is 23.1. The molecule has 104 valence electrons. The van der Waals surface area contributed by atoms with Crippen molar-refractivity contribution < 1.29 is 14.3 Å². The van der Waals surface area contributed by atoms with Gasteiger partial charge in [0.15, 0.2) is 0 Å². The van der Waals surface area contributed by atoms with E-state index in [1.54, 1.807) is 18.2 Å². The third-order valence-electron chi connectivity index (χ3n) is 2.69. The lowest BCUT2D eigenvalue weighted by molar-refractivity contribution is -0.141. The SMILES string of the molecule is CCCC(=O)NC(CC(=O)OC)c1ccccc1Cl. The molecule has 0 spiro atoms. The molecule has 0 heterocycles. The van der Waals surface area contributed by atoms with Gasteiger partial charge in [0.2, 0.25) is 5.91 Å². The summed E-state index contributed by atoms with van der Waals surface area (Å²) in [6, 6.07) is 6.68. The number of hydrogen-bond acceptors (Lipinski definition) is 3. The minimum Gasteiger partial charge on any atom is -0.469 e. The molecule has 0 radical (unpaired) electrons. The number of ether oxygens (including phenoxy) is 1. The lowest BCUT2D eigenvalue weighted by atomic mass is 10.0. The van der Waals surface area contributed by atoms with Crippen LogP contribution in [-0.2, 0) is 14.3 Å². The molecule has 19 heavy (non-hydrogen) atoms. The van der Waals surface area contributed by atoms with Gasteiger partial charge in [0, 0.05) is 11.4 Å². The first-order valence-electron chi connectivity index (χ1n) is 6.19. The van der Waals surface area contributed by atoms with Crippen LogP contribution in [0.4, 0.5) is 0 Å². The molecule has 0 saturated carbocycles. The highest BCUT2D eigenvalue weighted by atomic mass is 35.5. The molecule has 5 heteroatoms. The summed E-state index contributed by atoms with van der Waals surface area (Å²) in [5.41, 5.74) is 0.721. The first-order valence-corrected chi connectivity index (χ1v) is 6.56. The number of nitrogens with one attached hydrogen (secondary N) is 1. The summed E-state index contributed by atoms with van der Waals surface area (Å²) in [6.45, 7) is 1.92. The van der Waals surface area contributed by atoms with Crippen LogP contribution in [0, 0.1) is 0 Å². The molecule has 1 aromatic carbocycles. The van der Waals surface area contributed by atoms with Crippen molar-refractivity contribution in [2.45, 2.75) is 32.2 Å². The molecular formula is C14H18ClNO3. The van der Waals surface area contributed by atoms with E-state index in [0.29, 0.717) is 11.4 Å². The molecule has 1 N–H and O–H groups in total. The van der Waals surface area contributed by atoms with Gasteiger partial charge in [-0.15, -0.1) is 0 Å². The highest BCUT2D eigenvalue weighted by Crippen LogP contribution is 2.25. The standard InChI is InChI=1S/C14H18ClNO3/c1-3-6-13(17)16-12(9-14(18)19-2)10-7-4-5-8-11(10)15/h4-5,7-8,12H,3,6,9H2,1-2H3,(H,16,17). The number of halogens is 1. The van der Waals surface area contributed by atoms with Gasteiger partial charge in [-0.2, -0.15) is 0 Å². The molecule has 0 bridgehead atoms. The number of esters is 1. The zero-order valence-corrected chi connectivity index (χ0v) is 11.9. The Morgan fingerprint density at radius 3 is 2.63 bits per heavy atom. The Morgan fingerprint density at radius 1 is 1.37 bits per heavy atom. The van der Waals surface area contributed by atoms with E-state index in [1.807, 2.05) is 13.0 Å². The Morgan fingerprint density at radius 2 is 2.05 bits per heavy atom. The lowest BCUT2D eigenvalue weighted by Gasteiger charge is -2.19. The Hall–Kier alpha value is -1.55. The van der Waals surface area contributed by atoms with E-state index < -0.39 is 6.04 Å². The smallest absolute Gasteiger partial charge is 0.307 e. The number of hydrogen-bond donors (Lipinski definition) is 1. The normalized spacial score (nSPS) is 11.7. The molecule has 0 aromatic heterocycles. The Kier molecular flexibility index (Phi) is 6.36. The van der Waals surface area contributed by atoms with Crippen molar-refractivity contribution in [3.63, 3.8) is 0 Å². The third-order valence-corrected chi connectivity index (χ3v) is 3.04. The topological polar surface area (TPSA) is 55.4 Å². The summed E-state index contributed by atoms with van der Waals surface area (Å²) in [7, 11) is 1.32. The molecule has 0 saturated heterocycles. The van der Waals surface area contributed by atoms with E-state index in [4.69, 9.17) is 11.6 Å². The minimum absolute atomic E-state index is 0.0652. The zero-order chi connectivity index (χ0) is 14.3. The summed E-state index contributed by atoms with van der Waals surface area (Å²) in [6.07, 6.45) is 1.23. The van der Waals surface area contributed by atoms with Crippen molar-refractivity contribution in [1.29, 1.82) is 0 Å². The lowest BCUT2D eigenvalue weighted by Crippen LogP contribution is -2.30. The van der Waals surface area contributed by atoms with Crippen LogP contribution < -0.4 is 5.32 Å². The van der Waals surface area contributed by atoms with E-state index in [2.05, 4.69) is 10.1 Å².